The zero-order chi connectivity index (χ0) is 15.1. The lowest BCUT2D eigenvalue weighted by molar-refractivity contribution is -0.120. The van der Waals surface area contributed by atoms with Crippen molar-refractivity contribution in [3.05, 3.63) is 42.7 Å². The minimum atomic E-state index is 0.112. The SMILES string of the molecule is Cn1ccnc1CN1C[C@@H]2CN(c3cccnc3)C(=O)[C@@H]2C1. The Bertz CT molecular complexity index is 683. The first-order valence-corrected chi connectivity index (χ1v) is 7.62. The van der Waals surface area contributed by atoms with Crippen molar-refractivity contribution in [3.63, 3.8) is 0 Å². The molecule has 2 saturated heterocycles. The minimum Gasteiger partial charge on any atom is -0.337 e. The topological polar surface area (TPSA) is 54.3 Å². The molecule has 0 aromatic carbocycles. The molecule has 0 unspecified atom stereocenters. The Kier molecular flexibility index (Phi) is 3.18. The number of amides is 1. The lowest BCUT2D eigenvalue weighted by Crippen LogP contribution is -2.33. The van der Waals surface area contributed by atoms with E-state index in [0.717, 1.165) is 37.7 Å². The molecular formula is C16H19N5O. The van der Waals surface area contributed by atoms with Gasteiger partial charge >= 0.3 is 0 Å². The molecule has 0 bridgehead atoms. The Hall–Kier alpha value is -2.21. The third kappa shape index (κ3) is 2.20. The molecule has 2 fully saturated rings. The molecule has 2 aliphatic heterocycles. The standard InChI is InChI=1S/C16H19N5O/c1-19-6-5-18-15(19)11-20-8-12-9-21(16(22)14(12)10-20)13-3-2-4-17-7-13/h2-7,12,14H,8-11H2,1H3/t12-,14-/m1/s1. The molecule has 0 N–H and O–H groups in total. The van der Waals surface area contributed by atoms with Gasteiger partial charge in [-0.2, -0.15) is 0 Å². The van der Waals surface area contributed by atoms with Crippen molar-refractivity contribution < 1.29 is 4.79 Å². The van der Waals surface area contributed by atoms with Crippen LogP contribution in [0.25, 0.3) is 0 Å². The summed E-state index contributed by atoms with van der Waals surface area (Å²) in [4.78, 5) is 25.4. The minimum absolute atomic E-state index is 0.112. The molecule has 114 valence electrons. The van der Waals surface area contributed by atoms with Gasteiger partial charge in [0.2, 0.25) is 5.91 Å². The van der Waals surface area contributed by atoms with Crippen LogP contribution in [0.4, 0.5) is 5.69 Å². The van der Waals surface area contributed by atoms with Crippen LogP contribution in [0.1, 0.15) is 5.82 Å². The number of carbonyl (C=O) groups excluding carboxylic acids is 1. The Labute approximate surface area is 129 Å². The van der Waals surface area contributed by atoms with Crippen molar-refractivity contribution in [1.29, 1.82) is 0 Å². The van der Waals surface area contributed by atoms with Gasteiger partial charge in [0.25, 0.3) is 0 Å². The highest BCUT2D eigenvalue weighted by molar-refractivity contribution is 5.97. The predicted molar refractivity (Wildman–Crippen MR) is 82.1 cm³/mol. The number of nitrogens with zero attached hydrogens (tertiary/aromatic N) is 5. The molecule has 2 atom stereocenters. The van der Waals surface area contributed by atoms with Crippen LogP contribution in [0.5, 0.6) is 0 Å². The summed E-state index contributed by atoms with van der Waals surface area (Å²) < 4.78 is 2.04. The van der Waals surface area contributed by atoms with E-state index in [1.807, 2.05) is 41.0 Å². The lowest BCUT2D eigenvalue weighted by Gasteiger charge is -2.21. The number of imidazole rings is 1. The van der Waals surface area contributed by atoms with E-state index in [4.69, 9.17) is 0 Å². The second kappa shape index (κ2) is 5.21. The van der Waals surface area contributed by atoms with E-state index in [0.29, 0.717) is 5.92 Å². The zero-order valence-electron chi connectivity index (χ0n) is 12.6. The molecule has 0 spiro atoms. The second-order valence-corrected chi connectivity index (χ2v) is 6.18. The molecule has 4 heterocycles. The first-order chi connectivity index (χ1) is 10.7. The summed E-state index contributed by atoms with van der Waals surface area (Å²) in [5.41, 5.74) is 0.914. The van der Waals surface area contributed by atoms with E-state index in [1.165, 1.54) is 0 Å². The third-order valence-electron chi connectivity index (χ3n) is 4.76. The summed E-state index contributed by atoms with van der Waals surface area (Å²) in [6, 6.07) is 3.84. The number of anilines is 1. The monoisotopic (exact) mass is 297 g/mol. The first kappa shape index (κ1) is 13.5. The number of hydrogen-bond acceptors (Lipinski definition) is 4. The number of rotatable bonds is 3. The molecule has 0 saturated carbocycles. The lowest BCUT2D eigenvalue weighted by atomic mass is 10.0. The molecule has 0 aliphatic carbocycles. The van der Waals surface area contributed by atoms with Gasteiger partial charge in [0.05, 0.1) is 24.3 Å². The van der Waals surface area contributed by atoms with Crippen LogP contribution in [0.3, 0.4) is 0 Å². The van der Waals surface area contributed by atoms with Crippen LogP contribution in [0, 0.1) is 11.8 Å². The van der Waals surface area contributed by atoms with Gasteiger partial charge in [0.1, 0.15) is 5.82 Å². The van der Waals surface area contributed by atoms with E-state index < -0.39 is 0 Å². The van der Waals surface area contributed by atoms with Crippen molar-refractivity contribution in [2.75, 3.05) is 24.5 Å². The van der Waals surface area contributed by atoms with E-state index in [-0.39, 0.29) is 11.8 Å². The normalized spacial score (nSPS) is 25.0. The van der Waals surface area contributed by atoms with Crippen molar-refractivity contribution in [2.45, 2.75) is 6.54 Å². The average molecular weight is 297 g/mol. The van der Waals surface area contributed by atoms with Crippen molar-refractivity contribution >= 4 is 11.6 Å². The van der Waals surface area contributed by atoms with Crippen LogP contribution in [-0.2, 0) is 18.4 Å². The summed E-state index contributed by atoms with van der Waals surface area (Å²) in [6.45, 7) is 3.40. The Morgan fingerprint density at radius 3 is 2.86 bits per heavy atom. The summed E-state index contributed by atoms with van der Waals surface area (Å²) in [6.07, 6.45) is 7.28. The summed E-state index contributed by atoms with van der Waals surface area (Å²) in [5, 5.41) is 0. The van der Waals surface area contributed by atoms with Crippen LogP contribution in [0.2, 0.25) is 0 Å². The van der Waals surface area contributed by atoms with E-state index in [9.17, 15) is 4.79 Å². The molecule has 2 aromatic rings. The third-order valence-corrected chi connectivity index (χ3v) is 4.76. The van der Waals surface area contributed by atoms with Crippen LogP contribution < -0.4 is 4.90 Å². The van der Waals surface area contributed by atoms with E-state index in [2.05, 4.69) is 14.9 Å². The molecule has 1 amide bonds. The fourth-order valence-electron chi connectivity index (χ4n) is 3.57. The maximum Gasteiger partial charge on any atom is 0.231 e. The smallest absolute Gasteiger partial charge is 0.231 e. The predicted octanol–water partition coefficient (Wildman–Crippen LogP) is 0.910. The molecule has 2 aromatic heterocycles. The van der Waals surface area contributed by atoms with Crippen LogP contribution >= 0.6 is 0 Å². The molecular weight excluding hydrogens is 278 g/mol. The molecule has 6 heteroatoms. The van der Waals surface area contributed by atoms with Crippen molar-refractivity contribution in [1.82, 2.24) is 19.4 Å². The summed E-state index contributed by atoms with van der Waals surface area (Å²) in [5.74, 6) is 1.81. The highest BCUT2D eigenvalue weighted by Crippen LogP contribution is 2.35. The van der Waals surface area contributed by atoms with Gasteiger partial charge in [-0.1, -0.05) is 0 Å². The highest BCUT2D eigenvalue weighted by atomic mass is 16.2. The number of fused-ring (bicyclic) bond motifs is 1. The second-order valence-electron chi connectivity index (χ2n) is 6.18. The molecule has 2 aliphatic rings. The fraction of sp³-hybridized carbons (Fsp3) is 0.438. The number of aromatic nitrogens is 3. The summed E-state index contributed by atoms with van der Waals surface area (Å²) >= 11 is 0. The van der Waals surface area contributed by atoms with Gasteiger partial charge < -0.3 is 9.47 Å². The maximum absolute atomic E-state index is 12.7. The number of carbonyl (C=O) groups is 1. The number of hydrogen-bond donors (Lipinski definition) is 0. The van der Waals surface area contributed by atoms with Gasteiger partial charge in [-0.15, -0.1) is 0 Å². The number of aryl methyl sites for hydroxylation is 1. The van der Waals surface area contributed by atoms with Crippen molar-refractivity contribution in [2.24, 2.45) is 18.9 Å². The van der Waals surface area contributed by atoms with Gasteiger partial charge in [0.15, 0.2) is 0 Å². The molecule has 4 rings (SSSR count). The molecule has 22 heavy (non-hydrogen) atoms. The quantitative estimate of drug-likeness (QED) is 0.845. The first-order valence-electron chi connectivity index (χ1n) is 7.62. The van der Waals surface area contributed by atoms with Gasteiger partial charge in [-0.3, -0.25) is 14.7 Å². The summed E-state index contributed by atoms with van der Waals surface area (Å²) in [7, 11) is 2.01. The van der Waals surface area contributed by atoms with Gasteiger partial charge in [0, 0.05) is 51.2 Å². The Morgan fingerprint density at radius 1 is 1.27 bits per heavy atom. The Balaban J connectivity index is 1.45. The fourth-order valence-corrected chi connectivity index (χ4v) is 3.57. The Morgan fingerprint density at radius 2 is 2.18 bits per heavy atom. The largest absolute Gasteiger partial charge is 0.337 e. The van der Waals surface area contributed by atoms with Crippen molar-refractivity contribution in [3.8, 4) is 0 Å². The van der Waals surface area contributed by atoms with Gasteiger partial charge in [-0.25, -0.2) is 4.98 Å². The van der Waals surface area contributed by atoms with Gasteiger partial charge in [-0.05, 0) is 12.1 Å². The van der Waals surface area contributed by atoms with E-state index in [1.54, 1.807) is 12.4 Å². The molecule has 6 nitrogen and oxygen atoms in total. The van der Waals surface area contributed by atoms with Crippen LogP contribution in [-0.4, -0.2) is 45.0 Å². The number of pyridine rings is 1. The maximum atomic E-state index is 12.7. The molecule has 0 radical (unpaired) electrons. The number of likely N-dealkylation sites (tertiary alicyclic amines) is 1. The van der Waals surface area contributed by atoms with E-state index >= 15 is 0 Å². The van der Waals surface area contributed by atoms with Crippen LogP contribution in [0.15, 0.2) is 36.9 Å². The highest BCUT2D eigenvalue weighted by Gasteiger charge is 2.46. The zero-order valence-corrected chi connectivity index (χ0v) is 12.6. The average Bonchev–Trinajstić information content (AvgIpc) is 3.19.